The predicted molar refractivity (Wildman–Crippen MR) is 76.2 cm³/mol. The van der Waals surface area contributed by atoms with Crippen LogP contribution >= 0.6 is 0 Å². The molecule has 108 valence electrons. The Hall–Kier alpha value is -1.64. The van der Waals surface area contributed by atoms with Crippen LogP contribution in [0.1, 0.15) is 24.1 Å². The van der Waals surface area contributed by atoms with E-state index >= 15 is 0 Å². The van der Waals surface area contributed by atoms with Gasteiger partial charge in [0, 0.05) is 18.3 Å². The van der Waals surface area contributed by atoms with Gasteiger partial charge in [0.2, 0.25) is 0 Å². The van der Waals surface area contributed by atoms with E-state index in [1.807, 2.05) is 20.0 Å². The second-order valence-corrected chi connectivity index (χ2v) is 5.11. The predicted octanol–water partition coefficient (Wildman–Crippen LogP) is 2.14. The van der Waals surface area contributed by atoms with Crippen LogP contribution < -0.4 is 10.2 Å². The number of benzene rings is 1. The Kier molecular flexibility index (Phi) is 4.58. The van der Waals surface area contributed by atoms with Crippen LogP contribution in [0.2, 0.25) is 0 Å². The lowest BCUT2D eigenvalue weighted by molar-refractivity contribution is 0.0763. The second-order valence-electron chi connectivity index (χ2n) is 5.11. The molecule has 2 rings (SSSR count). The first-order valence-electron chi connectivity index (χ1n) is 6.80. The number of anilines is 1. The van der Waals surface area contributed by atoms with Gasteiger partial charge in [0.15, 0.2) is 6.10 Å². The molecule has 4 nitrogen and oxygen atoms in total. The highest BCUT2D eigenvalue weighted by Crippen LogP contribution is 2.30. The van der Waals surface area contributed by atoms with E-state index in [1.54, 1.807) is 13.0 Å². The molecular weight excluding hydrogens is 257 g/mol. The SMILES string of the molecule is CNC(C)c1cc(F)c(C)cc1N1CCOC(C#N)C1. The molecule has 2 unspecified atom stereocenters. The zero-order valence-electron chi connectivity index (χ0n) is 12.1. The quantitative estimate of drug-likeness (QED) is 0.919. The number of ether oxygens (including phenoxy) is 1. The van der Waals surface area contributed by atoms with Crippen LogP contribution in [0.5, 0.6) is 0 Å². The number of nitrogens with one attached hydrogen (secondary N) is 1. The average Bonchev–Trinajstić information content (AvgIpc) is 2.48. The molecule has 0 amide bonds. The van der Waals surface area contributed by atoms with Crippen LogP contribution in [0.25, 0.3) is 0 Å². The van der Waals surface area contributed by atoms with Crippen LogP contribution in [0, 0.1) is 24.1 Å². The Morgan fingerprint density at radius 3 is 2.95 bits per heavy atom. The van der Waals surface area contributed by atoms with Crippen LogP contribution in [-0.2, 0) is 4.74 Å². The summed E-state index contributed by atoms with van der Waals surface area (Å²) in [5.41, 5.74) is 2.51. The molecule has 1 heterocycles. The largest absolute Gasteiger partial charge is 0.365 e. The van der Waals surface area contributed by atoms with Gasteiger partial charge < -0.3 is 15.0 Å². The van der Waals surface area contributed by atoms with Crippen molar-refractivity contribution in [3.05, 3.63) is 29.1 Å². The van der Waals surface area contributed by atoms with Crippen LogP contribution in [0.3, 0.4) is 0 Å². The maximum atomic E-state index is 13.8. The lowest BCUT2D eigenvalue weighted by Gasteiger charge is -2.34. The van der Waals surface area contributed by atoms with E-state index in [1.165, 1.54) is 0 Å². The second kappa shape index (κ2) is 6.21. The molecule has 0 saturated carbocycles. The topological polar surface area (TPSA) is 48.3 Å². The molecule has 1 saturated heterocycles. The van der Waals surface area contributed by atoms with Crippen LogP contribution in [0.15, 0.2) is 12.1 Å². The highest BCUT2D eigenvalue weighted by Gasteiger charge is 2.24. The smallest absolute Gasteiger partial charge is 0.161 e. The first kappa shape index (κ1) is 14.8. The third kappa shape index (κ3) is 2.92. The van der Waals surface area contributed by atoms with Crippen molar-refractivity contribution in [2.24, 2.45) is 0 Å². The van der Waals surface area contributed by atoms with E-state index < -0.39 is 6.10 Å². The van der Waals surface area contributed by atoms with Crippen molar-refractivity contribution in [2.75, 3.05) is 31.6 Å². The standard InChI is InChI=1S/C15H20FN3O/c1-10-6-15(13(7-14(10)16)11(2)18-3)19-4-5-20-12(8-17)9-19/h6-7,11-12,18H,4-5,9H2,1-3H3. The molecule has 5 heteroatoms. The fourth-order valence-corrected chi connectivity index (χ4v) is 2.40. The fraction of sp³-hybridized carbons (Fsp3) is 0.533. The molecule has 1 aromatic rings. The number of nitriles is 1. The molecule has 0 aliphatic carbocycles. The maximum Gasteiger partial charge on any atom is 0.161 e. The lowest BCUT2D eigenvalue weighted by atomic mass is 10.0. The van der Waals surface area contributed by atoms with Crippen molar-refractivity contribution >= 4 is 5.69 Å². The molecule has 0 radical (unpaired) electrons. The van der Waals surface area contributed by atoms with Crippen molar-refractivity contribution in [3.8, 4) is 6.07 Å². The van der Waals surface area contributed by atoms with Gasteiger partial charge in [-0.3, -0.25) is 0 Å². The Morgan fingerprint density at radius 1 is 1.55 bits per heavy atom. The van der Waals surface area contributed by atoms with Crippen molar-refractivity contribution in [1.29, 1.82) is 5.26 Å². The van der Waals surface area contributed by atoms with Crippen molar-refractivity contribution < 1.29 is 9.13 Å². The summed E-state index contributed by atoms with van der Waals surface area (Å²) in [5, 5.41) is 12.1. The molecule has 1 fully saturated rings. The fourth-order valence-electron chi connectivity index (χ4n) is 2.40. The molecule has 1 aliphatic heterocycles. The number of rotatable bonds is 3. The van der Waals surface area contributed by atoms with E-state index in [0.29, 0.717) is 25.3 Å². The molecule has 1 aromatic carbocycles. The number of nitrogens with zero attached hydrogens (tertiary/aromatic N) is 2. The average molecular weight is 277 g/mol. The lowest BCUT2D eigenvalue weighted by Crippen LogP contribution is -2.42. The molecule has 0 aromatic heterocycles. The van der Waals surface area contributed by atoms with Gasteiger partial charge in [-0.15, -0.1) is 0 Å². The summed E-state index contributed by atoms with van der Waals surface area (Å²) >= 11 is 0. The molecule has 2 atom stereocenters. The van der Waals surface area contributed by atoms with Crippen molar-refractivity contribution in [1.82, 2.24) is 5.32 Å². The summed E-state index contributed by atoms with van der Waals surface area (Å²) in [6.07, 6.45) is -0.424. The summed E-state index contributed by atoms with van der Waals surface area (Å²) in [6.45, 7) is 5.50. The summed E-state index contributed by atoms with van der Waals surface area (Å²) in [6, 6.07) is 5.63. The zero-order chi connectivity index (χ0) is 14.7. The zero-order valence-corrected chi connectivity index (χ0v) is 12.1. The van der Waals surface area contributed by atoms with Gasteiger partial charge in [0.05, 0.1) is 19.2 Å². The van der Waals surface area contributed by atoms with Gasteiger partial charge in [0.25, 0.3) is 0 Å². The third-order valence-corrected chi connectivity index (χ3v) is 3.76. The van der Waals surface area contributed by atoms with E-state index in [0.717, 1.165) is 11.3 Å². The van der Waals surface area contributed by atoms with E-state index in [9.17, 15) is 4.39 Å². The van der Waals surface area contributed by atoms with Crippen LogP contribution in [0.4, 0.5) is 10.1 Å². The first-order valence-corrected chi connectivity index (χ1v) is 6.80. The van der Waals surface area contributed by atoms with Crippen molar-refractivity contribution in [2.45, 2.75) is 26.0 Å². The number of hydrogen-bond donors (Lipinski definition) is 1. The Balaban J connectivity index is 2.39. The van der Waals surface area contributed by atoms with Gasteiger partial charge in [-0.1, -0.05) is 0 Å². The Bertz CT molecular complexity index is 527. The molecule has 20 heavy (non-hydrogen) atoms. The summed E-state index contributed by atoms with van der Waals surface area (Å²) in [4.78, 5) is 2.10. The van der Waals surface area contributed by atoms with E-state index in [-0.39, 0.29) is 11.9 Å². The van der Waals surface area contributed by atoms with Crippen LogP contribution in [-0.4, -0.2) is 32.8 Å². The number of aryl methyl sites for hydroxylation is 1. The number of morpholine rings is 1. The van der Waals surface area contributed by atoms with E-state index in [2.05, 4.69) is 16.3 Å². The summed E-state index contributed by atoms with van der Waals surface area (Å²) in [7, 11) is 1.85. The highest BCUT2D eigenvalue weighted by atomic mass is 19.1. The molecule has 1 N–H and O–H groups in total. The Morgan fingerprint density at radius 2 is 2.30 bits per heavy atom. The maximum absolute atomic E-state index is 13.8. The molecule has 0 bridgehead atoms. The minimum atomic E-state index is -0.424. The minimum Gasteiger partial charge on any atom is -0.365 e. The Labute approximate surface area is 119 Å². The molecule has 0 spiro atoms. The van der Waals surface area contributed by atoms with Gasteiger partial charge in [-0.25, -0.2) is 4.39 Å². The normalized spacial score (nSPS) is 20.6. The van der Waals surface area contributed by atoms with Gasteiger partial charge in [-0.05, 0) is 44.2 Å². The number of halogens is 1. The summed E-state index contributed by atoms with van der Waals surface area (Å²) in [5.74, 6) is -0.198. The summed E-state index contributed by atoms with van der Waals surface area (Å²) < 4.78 is 19.2. The van der Waals surface area contributed by atoms with Gasteiger partial charge in [-0.2, -0.15) is 5.26 Å². The van der Waals surface area contributed by atoms with Gasteiger partial charge >= 0.3 is 0 Å². The number of hydrogen-bond acceptors (Lipinski definition) is 4. The highest BCUT2D eigenvalue weighted by molar-refractivity contribution is 5.57. The third-order valence-electron chi connectivity index (χ3n) is 3.76. The minimum absolute atomic E-state index is 0.0449. The van der Waals surface area contributed by atoms with E-state index in [4.69, 9.17) is 10.00 Å². The monoisotopic (exact) mass is 277 g/mol. The molecule has 1 aliphatic rings. The van der Waals surface area contributed by atoms with Gasteiger partial charge in [0.1, 0.15) is 5.82 Å². The van der Waals surface area contributed by atoms with Crippen molar-refractivity contribution in [3.63, 3.8) is 0 Å². The first-order chi connectivity index (χ1) is 9.56. The molecular formula is C15H20FN3O.